The quantitative estimate of drug-likeness (QED) is 0.105. The number of hydrogen-bond donors (Lipinski definition) is 4. The molecule has 0 saturated carbocycles. The van der Waals surface area contributed by atoms with E-state index in [1.807, 2.05) is 24.3 Å². The van der Waals surface area contributed by atoms with Gasteiger partial charge in [-0.15, -0.1) is 0 Å². The lowest BCUT2D eigenvalue weighted by Crippen LogP contribution is -2.26. The van der Waals surface area contributed by atoms with E-state index in [1.54, 1.807) is 36.5 Å². The number of hydrogen-bond acceptors (Lipinski definition) is 9. The molecule has 0 aliphatic heterocycles. The predicted octanol–water partition coefficient (Wildman–Crippen LogP) is 4.07. The number of nitrogens with two attached hydrogens (primary N) is 1. The number of rotatable bonds is 10. The minimum absolute atomic E-state index is 0.0122. The van der Waals surface area contributed by atoms with Gasteiger partial charge in [0.15, 0.2) is 5.82 Å². The highest BCUT2D eigenvalue weighted by molar-refractivity contribution is 6.34. The van der Waals surface area contributed by atoms with Crippen LogP contribution in [0.15, 0.2) is 66.9 Å². The molecule has 0 aliphatic carbocycles. The lowest BCUT2D eigenvalue weighted by Gasteiger charge is -2.14. The number of esters is 1. The maximum absolute atomic E-state index is 12.4. The van der Waals surface area contributed by atoms with E-state index >= 15 is 0 Å². The molecule has 2 aromatic carbocycles. The van der Waals surface area contributed by atoms with Crippen LogP contribution in [0.5, 0.6) is 0 Å². The molecule has 5 N–H and O–H groups in total. The number of aromatic nitrogens is 2. The summed E-state index contributed by atoms with van der Waals surface area (Å²) in [4.78, 5) is 37.2. The molecule has 10 nitrogen and oxygen atoms in total. The summed E-state index contributed by atoms with van der Waals surface area (Å²) in [6.45, 7) is 1.85. The second kappa shape index (κ2) is 12.1. The first-order valence-electron chi connectivity index (χ1n) is 11.3. The molecule has 0 aliphatic rings. The van der Waals surface area contributed by atoms with Gasteiger partial charge >= 0.3 is 5.97 Å². The second-order valence-electron chi connectivity index (χ2n) is 7.94. The summed E-state index contributed by atoms with van der Waals surface area (Å²) in [6.07, 6.45) is 1.77. The van der Waals surface area contributed by atoms with Crippen molar-refractivity contribution in [3.8, 4) is 11.3 Å². The van der Waals surface area contributed by atoms with Gasteiger partial charge in [0, 0.05) is 30.6 Å². The molecule has 4 aromatic rings. The Morgan fingerprint density at radius 3 is 2.70 bits per heavy atom. The van der Waals surface area contributed by atoms with E-state index in [-0.39, 0.29) is 23.8 Å². The number of ether oxygens (including phenoxy) is 1. The fourth-order valence-corrected chi connectivity index (χ4v) is 3.82. The molecule has 2 aromatic heterocycles. The van der Waals surface area contributed by atoms with Crippen molar-refractivity contribution in [2.75, 3.05) is 24.0 Å². The monoisotopic (exact) mass is 520 g/mol. The number of pyridine rings is 2. The topological polar surface area (TPSA) is 140 Å². The van der Waals surface area contributed by atoms with Crippen molar-refractivity contribution in [2.45, 2.75) is 13.5 Å². The summed E-state index contributed by atoms with van der Waals surface area (Å²) in [7, 11) is 0. The molecule has 11 heteroatoms. The highest BCUT2D eigenvalue weighted by Gasteiger charge is 2.14. The Morgan fingerprint density at radius 2 is 1.92 bits per heavy atom. The molecule has 37 heavy (non-hydrogen) atoms. The fraction of sp³-hybridized carbons (Fsp3) is 0.154. The van der Waals surface area contributed by atoms with E-state index in [2.05, 4.69) is 27.3 Å². The summed E-state index contributed by atoms with van der Waals surface area (Å²) in [5, 5.41) is 4.59. The molecule has 1 amide bonds. The van der Waals surface area contributed by atoms with Crippen LogP contribution in [0.3, 0.4) is 0 Å². The first-order valence-corrected chi connectivity index (χ1v) is 11.7. The molecule has 0 bridgehead atoms. The number of halogens is 1. The van der Waals surface area contributed by atoms with E-state index in [9.17, 15) is 9.59 Å². The number of nitrogen functional groups attached to an aromatic ring is 1. The molecule has 0 atom stereocenters. The van der Waals surface area contributed by atoms with Crippen LogP contribution in [-0.4, -0.2) is 35.1 Å². The minimum atomic E-state index is -0.525. The molecule has 0 saturated heterocycles. The van der Waals surface area contributed by atoms with Gasteiger partial charge in [0.05, 0.1) is 27.5 Å². The Morgan fingerprint density at radius 1 is 1.05 bits per heavy atom. The normalized spacial score (nSPS) is 10.7. The molecular formula is C26H25ClN6O4. The number of benzene rings is 2. The summed E-state index contributed by atoms with van der Waals surface area (Å²) in [6, 6.07) is 18.5. The van der Waals surface area contributed by atoms with Crippen molar-refractivity contribution in [1.29, 1.82) is 0 Å². The van der Waals surface area contributed by atoms with Gasteiger partial charge in [0.1, 0.15) is 13.2 Å². The van der Waals surface area contributed by atoms with Crippen LogP contribution in [0, 0.1) is 0 Å². The van der Waals surface area contributed by atoms with E-state index in [0.29, 0.717) is 29.3 Å². The van der Waals surface area contributed by atoms with Crippen molar-refractivity contribution in [1.82, 2.24) is 15.4 Å². The van der Waals surface area contributed by atoms with Gasteiger partial charge < -0.3 is 15.5 Å². The molecule has 4 rings (SSSR count). The van der Waals surface area contributed by atoms with Crippen LogP contribution in [0.2, 0.25) is 5.02 Å². The number of nitrogens with one attached hydrogen (secondary N) is 3. The van der Waals surface area contributed by atoms with E-state index in [1.165, 1.54) is 6.92 Å². The maximum atomic E-state index is 12.4. The zero-order valence-electron chi connectivity index (χ0n) is 20.0. The Hall–Kier alpha value is -4.25. The molecule has 190 valence electrons. The van der Waals surface area contributed by atoms with Crippen LogP contribution < -0.4 is 22.1 Å². The standard InChI is InChI=1S/C26H25ClN6O4/c1-16(34)36-11-12-37-33-26(35)20-6-5-19(14-21(20)27)23-8-9-24(32-28)25(31-23)30-15-17-4-7-22-18(13-17)3-2-10-29-22/h2-10,13-14,32H,11-12,15,28H2,1H3,(H,30,31)(H,33,35). The van der Waals surface area contributed by atoms with Crippen LogP contribution >= 0.6 is 11.6 Å². The highest BCUT2D eigenvalue weighted by Crippen LogP contribution is 2.28. The van der Waals surface area contributed by atoms with Crippen LogP contribution in [-0.2, 0) is 20.9 Å². The van der Waals surface area contributed by atoms with Gasteiger partial charge in [-0.3, -0.25) is 25.3 Å². The Balaban J connectivity index is 1.45. The lowest BCUT2D eigenvalue weighted by atomic mass is 10.1. The average molecular weight is 521 g/mol. The molecule has 0 unspecified atom stereocenters. The van der Waals surface area contributed by atoms with E-state index in [0.717, 1.165) is 16.5 Å². The largest absolute Gasteiger partial charge is 0.463 e. The van der Waals surface area contributed by atoms with Crippen molar-refractivity contribution in [2.24, 2.45) is 5.84 Å². The molecule has 2 heterocycles. The zero-order valence-corrected chi connectivity index (χ0v) is 20.7. The highest BCUT2D eigenvalue weighted by atomic mass is 35.5. The van der Waals surface area contributed by atoms with Crippen molar-refractivity contribution in [3.05, 3.63) is 83.0 Å². The van der Waals surface area contributed by atoms with Crippen LogP contribution in [0.25, 0.3) is 22.2 Å². The van der Waals surface area contributed by atoms with Crippen LogP contribution in [0.4, 0.5) is 11.5 Å². The van der Waals surface area contributed by atoms with Gasteiger partial charge in [0.2, 0.25) is 0 Å². The number of hydrazine groups is 1. The third kappa shape index (κ3) is 6.70. The van der Waals surface area contributed by atoms with Crippen molar-refractivity contribution < 1.29 is 19.2 Å². The number of fused-ring (bicyclic) bond motifs is 1. The Kier molecular flexibility index (Phi) is 8.47. The van der Waals surface area contributed by atoms with Gasteiger partial charge in [-0.2, -0.15) is 0 Å². The van der Waals surface area contributed by atoms with Gasteiger partial charge in [0.25, 0.3) is 5.91 Å². The number of carbonyl (C=O) groups excluding carboxylic acids is 2. The third-order valence-corrected chi connectivity index (χ3v) is 5.66. The molecule has 0 spiro atoms. The summed E-state index contributed by atoms with van der Waals surface area (Å²) < 4.78 is 4.74. The Bertz CT molecular complexity index is 1430. The third-order valence-electron chi connectivity index (χ3n) is 5.34. The number of anilines is 2. The second-order valence-corrected chi connectivity index (χ2v) is 8.34. The molecule has 0 fully saturated rings. The van der Waals surface area contributed by atoms with E-state index in [4.69, 9.17) is 32.0 Å². The van der Waals surface area contributed by atoms with E-state index < -0.39 is 11.9 Å². The predicted molar refractivity (Wildman–Crippen MR) is 142 cm³/mol. The first-order chi connectivity index (χ1) is 17.9. The van der Waals surface area contributed by atoms with Gasteiger partial charge in [-0.25, -0.2) is 10.5 Å². The SMILES string of the molecule is CC(=O)OCCONC(=O)c1ccc(-c2ccc(NN)c(NCc3ccc4ncccc4c3)n2)cc1Cl. The van der Waals surface area contributed by atoms with Crippen molar-refractivity contribution in [3.63, 3.8) is 0 Å². The van der Waals surface area contributed by atoms with Gasteiger partial charge in [-0.05, 0) is 48.0 Å². The summed E-state index contributed by atoms with van der Waals surface area (Å²) in [5.41, 5.74) is 9.11. The number of amides is 1. The average Bonchev–Trinajstić information content (AvgIpc) is 2.91. The Labute approximate surface area is 218 Å². The smallest absolute Gasteiger partial charge is 0.302 e. The minimum Gasteiger partial charge on any atom is -0.463 e. The number of carbonyl (C=O) groups is 2. The molecular weight excluding hydrogens is 496 g/mol. The van der Waals surface area contributed by atoms with Gasteiger partial charge in [-0.1, -0.05) is 29.8 Å². The maximum Gasteiger partial charge on any atom is 0.302 e. The summed E-state index contributed by atoms with van der Waals surface area (Å²) >= 11 is 6.38. The molecule has 0 radical (unpaired) electrons. The fourth-order valence-electron chi connectivity index (χ4n) is 3.55. The zero-order chi connectivity index (χ0) is 26.2. The van der Waals surface area contributed by atoms with Crippen molar-refractivity contribution >= 4 is 45.9 Å². The van der Waals surface area contributed by atoms with Crippen LogP contribution in [0.1, 0.15) is 22.8 Å². The lowest BCUT2D eigenvalue weighted by molar-refractivity contribution is -0.143. The number of nitrogens with zero attached hydrogens (tertiary/aromatic N) is 2. The summed E-state index contributed by atoms with van der Waals surface area (Å²) in [5.74, 6) is 5.30. The number of hydroxylamine groups is 1. The first kappa shape index (κ1) is 25.8.